The molecule has 3 rings (SSSR count). The first-order valence-electron chi connectivity index (χ1n) is 7.98. The van der Waals surface area contributed by atoms with Gasteiger partial charge in [0.1, 0.15) is 0 Å². The summed E-state index contributed by atoms with van der Waals surface area (Å²) in [5.41, 5.74) is 2.53. The molecule has 0 spiro atoms. The van der Waals surface area contributed by atoms with Crippen LogP contribution in [-0.4, -0.2) is 29.4 Å². The van der Waals surface area contributed by atoms with E-state index in [-0.39, 0.29) is 21.5 Å². The number of carbonyl (C=O) groups is 2. The fourth-order valence-electron chi connectivity index (χ4n) is 2.88. The molecule has 0 bridgehead atoms. The van der Waals surface area contributed by atoms with Gasteiger partial charge in [-0.25, -0.2) is 4.79 Å². The lowest BCUT2D eigenvalue weighted by atomic mass is 9.99. The average molecular weight is 378 g/mol. The second kappa shape index (κ2) is 7.46. The third-order valence-corrected chi connectivity index (χ3v) is 5.06. The fraction of sp³-hybridized carbons (Fsp3) is 0.263. The number of hydrogen-bond acceptors (Lipinski definition) is 3. The molecule has 6 heteroatoms. The molecule has 1 aliphatic rings. The van der Waals surface area contributed by atoms with Crippen LogP contribution >= 0.6 is 23.2 Å². The van der Waals surface area contributed by atoms with Crippen LogP contribution in [-0.2, 0) is 22.5 Å². The monoisotopic (exact) mass is 377 g/mol. The minimum atomic E-state index is -0.896. The summed E-state index contributed by atoms with van der Waals surface area (Å²) in [5, 5.41) is 0.392. The van der Waals surface area contributed by atoms with Gasteiger partial charge in [-0.15, -0.1) is 0 Å². The highest BCUT2D eigenvalue weighted by molar-refractivity contribution is 6.43. The van der Waals surface area contributed by atoms with Gasteiger partial charge < -0.3 is 9.64 Å². The van der Waals surface area contributed by atoms with Crippen LogP contribution in [0.25, 0.3) is 0 Å². The summed E-state index contributed by atoms with van der Waals surface area (Å²) in [7, 11) is 0. The second-order valence-electron chi connectivity index (χ2n) is 5.93. The van der Waals surface area contributed by atoms with Crippen molar-refractivity contribution in [1.82, 2.24) is 4.90 Å². The van der Waals surface area contributed by atoms with E-state index in [4.69, 9.17) is 27.9 Å². The topological polar surface area (TPSA) is 46.6 Å². The number of ether oxygens (including phenoxy) is 1. The maximum atomic E-state index is 12.6. The Kier molecular flexibility index (Phi) is 5.30. The number of esters is 1. The van der Waals surface area contributed by atoms with E-state index >= 15 is 0 Å². The van der Waals surface area contributed by atoms with E-state index in [9.17, 15) is 9.59 Å². The van der Waals surface area contributed by atoms with Gasteiger partial charge in [-0.2, -0.15) is 0 Å². The van der Waals surface area contributed by atoms with Crippen LogP contribution < -0.4 is 0 Å². The smallest absolute Gasteiger partial charge is 0.340 e. The van der Waals surface area contributed by atoms with Crippen molar-refractivity contribution in [3.63, 3.8) is 0 Å². The largest absolute Gasteiger partial charge is 0.449 e. The maximum Gasteiger partial charge on any atom is 0.340 e. The van der Waals surface area contributed by atoms with E-state index in [1.807, 2.05) is 18.2 Å². The minimum Gasteiger partial charge on any atom is -0.449 e. The van der Waals surface area contributed by atoms with Gasteiger partial charge in [0.2, 0.25) is 0 Å². The molecular weight excluding hydrogens is 361 g/mol. The Bertz CT molecular complexity index is 822. The zero-order valence-corrected chi connectivity index (χ0v) is 15.2. The number of carbonyl (C=O) groups excluding carboxylic acids is 2. The molecule has 0 aliphatic carbocycles. The lowest BCUT2D eigenvalue weighted by Gasteiger charge is -2.30. The lowest BCUT2D eigenvalue weighted by molar-refractivity contribution is -0.140. The van der Waals surface area contributed by atoms with Crippen molar-refractivity contribution in [2.24, 2.45) is 0 Å². The van der Waals surface area contributed by atoms with E-state index in [0.29, 0.717) is 13.1 Å². The van der Waals surface area contributed by atoms with E-state index in [1.165, 1.54) is 11.6 Å². The summed E-state index contributed by atoms with van der Waals surface area (Å²) in [6.07, 6.45) is -0.101. The number of benzene rings is 2. The molecule has 1 atom stereocenters. The first-order valence-corrected chi connectivity index (χ1v) is 8.73. The van der Waals surface area contributed by atoms with Gasteiger partial charge >= 0.3 is 5.97 Å². The highest BCUT2D eigenvalue weighted by atomic mass is 35.5. The predicted octanol–water partition coefficient (Wildman–Crippen LogP) is 4.12. The minimum absolute atomic E-state index is 0.126. The SMILES string of the molecule is C[C@H](OC(=O)c1cccc(Cl)c1Cl)C(=O)N1CCc2ccccc2C1. The Morgan fingerprint density at radius 1 is 1.08 bits per heavy atom. The number of halogens is 2. The third kappa shape index (κ3) is 3.80. The Morgan fingerprint density at radius 3 is 2.56 bits per heavy atom. The first kappa shape index (κ1) is 17.8. The molecule has 1 aliphatic heterocycles. The molecule has 0 radical (unpaired) electrons. The normalized spacial score (nSPS) is 14.6. The average Bonchev–Trinajstić information content (AvgIpc) is 2.62. The molecule has 2 aromatic rings. The number of amides is 1. The molecule has 0 aromatic heterocycles. The molecule has 0 N–H and O–H groups in total. The molecular formula is C19H17Cl2NO3. The van der Waals surface area contributed by atoms with Crippen molar-refractivity contribution < 1.29 is 14.3 Å². The van der Waals surface area contributed by atoms with Gasteiger partial charge in [0, 0.05) is 13.1 Å². The van der Waals surface area contributed by atoms with Crippen molar-refractivity contribution in [2.45, 2.75) is 26.0 Å². The summed E-state index contributed by atoms with van der Waals surface area (Å²) >= 11 is 11.9. The molecule has 0 saturated carbocycles. The molecule has 0 saturated heterocycles. The number of rotatable bonds is 3. The van der Waals surface area contributed by atoms with Gasteiger partial charge in [0.05, 0.1) is 15.6 Å². The van der Waals surface area contributed by atoms with Crippen molar-refractivity contribution in [3.8, 4) is 0 Å². The third-order valence-electron chi connectivity index (χ3n) is 4.25. The summed E-state index contributed by atoms with van der Waals surface area (Å²) < 4.78 is 5.30. The first-order chi connectivity index (χ1) is 12.0. The summed E-state index contributed by atoms with van der Waals surface area (Å²) in [4.78, 5) is 26.6. The Hall–Kier alpha value is -2.04. The van der Waals surface area contributed by atoms with Crippen LogP contribution in [0.15, 0.2) is 42.5 Å². The van der Waals surface area contributed by atoms with Crippen molar-refractivity contribution >= 4 is 35.1 Å². The van der Waals surface area contributed by atoms with Gasteiger partial charge in [-0.1, -0.05) is 53.5 Å². The number of hydrogen-bond donors (Lipinski definition) is 0. The summed E-state index contributed by atoms with van der Waals surface area (Å²) in [6.45, 7) is 2.70. The van der Waals surface area contributed by atoms with Crippen LogP contribution in [0.2, 0.25) is 10.0 Å². The number of nitrogens with zero attached hydrogens (tertiary/aromatic N) is 1. The molecule has 0 fully saturated rings. The van der Waals surface area contributed by atoms with Crippen molar-refractivity contribution in [1.29, 1.82) is 0 Å². The van der Waals surface area contributed by atoms with Gasteiger partial charge in [-0.3, -0.25) is 4.79 Å². The van der Waals surface area contributed by atoms with Crippen LogP contribution in [0.3, 0.4) is 0 Å². The Balaban J connectivity index is 1.67. The standard InChI is InChI=1S/C19H17Cl2NO3/c1-12(25-19(24)15-7-4-8-16(20)17(15)21)18(23)22-10-9-13-5-2-3-6-14(13)11-22/h2-8,12H,9-11H2,1H3/t12-/m0/s1. The van der Waals surface area contributed by atoms with E-state index in [0.717, 1.165) is 12.0 Å². The predicted molar refractivity (Wildman–Crippen MR) is 96.9 cm³/mol. The molecule has 130 valence electrons. The highest BCUT2D eigenvalue weighted by Gasteiger charge is 2.27. The van der Waals surface area contributed by atoms with Gasteiger partial charge in [0.15, 0.2) is 6.10 Å². The second-order valence-corrected chi connectivity index (χ2v) is 6.71. The van der Waals surface area contributed by atoms with E-state index in [1.54, 1.807) is 24.0 Å². The molecule has 1 amide bonds. The lowest BCUT2D eigenvalue weighted by Crippen LogP contribution is -2.42. The van der Waals surface area contributed by atoms with E-state index < -0.39 is 12.1 Å². The Labute approximate surface area is 156 Å². The van der Waals surface area contributed by atoms with Crippen LogP contribution in [0.5, 0.6) is 0 Å². The molecule has 1 heterocycles. The molecule has 0 unspecified atom stereocenters. The van der Waals surface area contributed by atoms with Crippen molar-refractivity contribution in [2.75, 3.05) is 6.54 Å². The molecule has 4 nitrogen and oxygen atoms in total. The molecule has 2 aromatic carbocycles. The summed E-state index contributed by atoms with van der Waals surface area (Å²) in [5.74, 6) is -0.883. The molecule has 25 heavy (non-hydrogen) atoms. The van der Waals surface area contributed by atoms with Crippen LogP contribution in [0, 0.1) is 0 Å². The number of fused-ring (bicyclic) bond motifs is 1. The van der Waals surface area contributed by atoms with Gasteiger partial charge in [-0.05, 0) is 36.6 Å². The maximum absolute atomic E-state index is 12.6. The van der Waals surface area contributed by atoms with Crippen molar-refractivity contribution in [3.05, 3.63) is 69.2 Å². The fourth-order valence-corrected chi connectivity index (χ4v) is 3.25. The summed E-state index contributed by atoms with van der Waals surface area (Å²) in [6, 6.07) is 12.7. The highest BCUT2D eigenvalue weighted by Crippen LogP contribution is 2.26. The Morgan fingerprint density at radius 2 is 1.80 bits per heavy atom. The zero-order valence-electron chi connectivity index (χ0n) is 13.7. The van der Waals surface area contributed by atoms with E-state index in [2.05, 4.69) is 6.07 Å². The quantitative estimate of drug-likeness (QED) is 0.755. The van der Waals surface area contributed by atoms with Gasteiger partial charge in [0.25, 0.3) is 5.91 Å². The van der Waals surface area contributed by atoms with Crippen LogP contribution in [0.1, 0.15) is 28.4 Å². The zero-order chi connectivity index (χ0) is 18.0. The van der Waals surface area contributed by atoms with Crippen LogP contribution in [0.4, 0.5) is 0 Å².